The number of carbonyl (C=O) groups excluding carboxylic acids is 4. The highest BCUT2D eigenvalue weighted by Gasteiger charge is 2.53. The molecule has 118 valence electrons. The Hall–Kier alpha value is -2.24. The van der Waals surface area contributed by atoms with Gasteiger partial charge in [0.2, 0.25) is 11.8 Å². The van der Waals surface area contributed by atoms with Crippen molar-refractivity contribution in [1.82, 2.24) is 10.2 Å². The van der Waals surface area contributed by atoms with Gasteiger partial charge in [-0.1, -0.05) is 26.0 Å². The molecule has 2 aliphatic carbocycles. The van der Waals surface area contributed by atoms with E-state index in [1.807, 2.05) is 19.9 Å². The summed E-state index contributed by atoms with van der Waals surface area (Å²) in [4.78, 5) is 48.9. The molecule has 22 heavy (non-hydrogen) atoms. The minimum atomic E-state index is -0.858. The molecule has 0 aromatic heterocycles. The van der Waals surface area contributed by atoms with Gasteiger partial charge in [-0.3, -0.25) is 29.4 Å². The molecule has 0 aromatic carbocycles. The topological polar surface area (TPSA) is 83.6 Å². The number of nitrogens with zero attached hydrogens (tertiary/aromatic N) is 1. The van der Waals surface area contributed by atoms with E-state index < -0.39 is 17.9 Å². The van der Waals surface area contributed by atoms with Crippen LogP contribution in [0, 0.1) is 11.8 Å². The molecule has 4 rings (SSSR count). The zero-order chi connectivity index (χ0) is 16.0. The van der Waals surface area contributed by atoms with E-state index >= 15 is 0 Å². The van der Waals surface area contributed by atoms with Crippen LogP contribution in [-0.2, 0) is 19.2 Å². The lowest BCUT2D eigenvalue weighted by atomic mass is 9.99. The number of fused-ring (bicyclic) bond motifs is 2. The predicted molar refractivity (Wildman–Crippen MR) is 79.2 cm³/mol. The lowest BCUT2D eigenvalue weighted by molar-refractivity contribution is -0.150. The van der Waals surface area contributed by atoms with Gasteiger partial charge in [0.15, 0.2) is 0 Å². The van der Waals surface area contributed by atoms with E-state index in [1.165, 1.54) is 0 Å². The average molecular weight is 304 g/mol. The highest BCUT2D eigenvalue weighted by molar-refractivity contribution is 6.23. The Labute approximate surface area is 129 Å². The fraction of sp³-hybridized carbons (Fsp3) is 0.500. The van der Waals surface area contributed by atoms with Crippen LogP contribution in [0.5, 0.6) is 0 Å². The van der Waals surface area contributed by atoms with Gasteiger partial charge in [0.25, 0.3) is 11.8 Å². The second-order valence-corrected chi connectivity index (χ2v) is 5.64. The van der Waals surface area contributed by atoms with Gasteiger partial charge >= 0.3 is 0 Å². The molecule has 0 aromatic rings. The van der Waals surface area contributed by atoms with E-state index in [9.17, 15) is 19.2 Å². The van der Waals surface area contributed by atoms with E-state index in [-0.39, 0.29) is 32.0 Å². The van der Waals surface area contributed by atoms with Crippen LogP contribution in [0.2, 0.25) is 0 Å². The molecule has 4 aliphatic rings. The second-order valence-electron chi connectivity index (χ2n) is 5.64. The van der Waals surface area contributed by atoms with Gasteiger partial charge in [0.1, 0.15) is 6.04 Å². The summed E-state index contributed by atoms with van der Waals surface area (Å²) >= 11 is 0. The highest BCUT2D eigenvalue weighted by Crippen LogP contribution is 2.52. The van der Waals surface area contributed by atoms with E-state index in [0.717, 1.165) is 11.3 Å². The Morgan fingerprint density at radius 2 is 1.91 bits per heavy atom. The van der Waals surface area contributed by atoms with Crippen LogP contribution in [0.25, 0.3) is 0 Å². The van der Waals surface area contributed by atoms with Gasteiger partial charge in [-0.25, -0.2) is 0 Å². The van der Waals surface area contributed by atoms with Crippen LogP contribution in [0.3, 0.4) is 0 Å². The zero-order valence-electron chi connectivity index (χ0n) is 12.6. The van der Waals surface area contributed by atoms with Crippen molar-refractivity contribution < 1.29 is 20.6 Å². The molecule has 0 radical (unpaired) electrons. The van der Waals surface area contributed by atoms with Gasteiger partial charge in [-0.15, -0.1) is 0 Å². The largest absolute Gasteiger partial charge is 0.295 e. The molecule has 6 nitrogen and oxygen atoms in total. The highest BCUT2D eigenvalue weighted by atomic mass is 16.2. The fourth-order valence-corrected chi connectivity index (χ4v) is 3.29. The van der Waals surface area contributed by atoms with E-state index in [2.05, 4.69) is 5.32 Å². The summed E-state index contributed by atoms with van der Waals surface area (Å²) in [6, 6.07) is -0.858. The Kier molecular flexibility index (Phi) is 3.47. The first-order chi connectivity index (χ1) is 10.6. The first kappa shape index (κ1) is 14.7. The number of hydrogen-bond donors (Lipinski definition) is 1. The molecule has 0 bridgehead atoms. The fourth-order valence-electron chi connectivity index (χ4n) is 3.29. The third-order valence-corrected chi connectivity index (χ3v) is 4.43. The summed E-state index contributed by atoms with van der Waals surface area (Å²) in [5.41, 5.74) is 0.991. The quantitative estimate of drug-likeness (QED) is 0.731. The van der Waals surface area contributed by atoms with Gasteiger partial charge < -0.3 is 0 Å². The minimum Gasteiger partial charge on any atom is -0.295 e. The molecule has 0 spiro atoms. The minimum absolute atomic E-state index is 0. The first-order valence-electron chi connectivity index (χ1n) is 7.72. The van der Waals surface area contributed by atoms with Crippen molar-refractivity contribution in [3.8, 4) is 0 Å². The standard InChI is InChI=1S/C14H12N2O4.C2H6.H2/c17-10-4-3-9(12(18)15-10)16-13(19)7-2-1-6-5-8(6)11(7)14(16)20;1-2;/h1-2,6,8-9H,3-5H2,(H,15,17,18);1-2H3;1H. The molecule has 2 fully saturated rings. The number of piperidine rings is 1. The average Bonchev–Trinajstić information content (AvgIpc) is 3.25. The van der Waals surface area contributed by atoms with Crippen LogP contribution in [0.4, 0.5) is 0 Å². The Bertz CT molecular complexity index is 652. The number of amides is 4. The summed E-state index contributed by atoms with van der Waals surface area (Å²) in [5, 5.41) is 2.19. The molecule has 1 N–H and O–H groups in total. The molecule has 1 saturated carbocycles. The lowest BCUT2D eigenvalue weighted by Gasteiger charge is -2.28. The van der Waals surface area contributed by atoms with Crippen molar-refractivity contribution in [1.29, 1.82) is 0 Å². The molecule has 2 heterocycles. The van der Waals surface area contributed by atoms with E-state index in [4.69, 9.17) is 0 Å². The number of nitrogens with one attached hydrogen (secondary N) is 1. The van der Waals surface area contributed by atoms with E-state index in [0.29, 0.717) is 17.1 Å². The number of hydrogen-bond acceptors (Lipinski definition) is 4. The third-order valence-electron chi connectivity index (χ3n) is 4.43. The van der Waals surface area contributed by atoms with Crippen LogP contribution in [0.15, 0.2) is 23.3 Å². The van der Waals surface area contributed by atoms with Crippen molar-refractivity contribution in [2.45, 2.75) is 39.2 Å². The maximum Gasteiger partial charge on any atom is 0.261 e. The van der Waals surface area contributed by atoms with Crippen LogP contribution >= 0.6 is 0 Å². The Balaban J connectivity index is 0.000000617. The van der Waals surface area contributed by atoms with E-state index in [1.54, 1.807) is 6.08 Å². The Morgan fingerprint density at radius 3 is 2.59 bits per heavy atom. The predicted octanol–water partition coefficient (Wildman–Crippen LogP) is 0.935. The molecule has 1 saturated heterocycles. The van der Waals surface area contributed by atoms with Crippen molar-refractivity contribution in [2.24, 2.45) is 11.8 Å². The Morgan fingerprint density at radius 1 is 1.18 bits per heavy atom. The lowest BCUT2D eigenvalue weighted by Crippen LogP contribution is -2.54. The SMILES string of the molecule is CC.O=C1CCC(N2C(=O)C3=C(C2=O)C2CC2C=C3)C(=O)N1.[HH]. The molecule has 3 atom stereocenters. The molecule has 2 aliphatic heterocycles. The van der Waals surface area contributed by atoms with Crippen molar-refractivity contribution in [2.75, 3.05) is 0 Å². The maximum atomic E-state index is 12.5. The summed E-state index contributed by atoms with van der Waals surface area (Å²) in [6.45, 7) is 4.00. The second kappa shape index (κ2) is 5.19. The molecule has 4 amide bonds. The van der Waals surface area contributed by atoms with Crippen molar-refractivity contribution in [3.05, 3.63) is 23.3 Å². The first-order valence-corrected chi connectivity index (χ1v) is 7.72. The van der Waals surface area contributed by atoms with Crippen molar-refractivity contribution >= 4 is 23.6 Å². The van der Waals surface area contributed by atoms with Crippen LogP contribution in [0.1, 0.15) is 34.5 Å². The molecule has 3 unspecified atom stereocenters. The monoisotopic (exact) mass is 304 g/mol. The zero-order valence-corrected chi connectivity index (χ0v) is 12.6. The van der Waals surface area contributed by atoms with Crippen molar-refractivity contribution in [3.63, 3.8) is 0 Å². The summed E-state index contributed by atoms with van der Waals surface area (Å²) in [6.07, 6.45) is 4.93. The van der Waals surface area contributed by atoms with Crippen LogP contribution in [-0.4, -0.2) is 34.6 Å². The van der Waals surface area contributed by atoms with Gasteiger partial charge in [0.05, 0.1) is 0 Å². The summed E-state index contributed by atoms with van der Waals surface area (Å²) in [5.74, 6) is -1.15. The molecular formula is C16H20N2O4. The molecule has 6 heteroatoms. The van der Waals surface area contributed by atoms with Gasteiger partial charge in [0, 0.05) is 19.0 Å². The van der Waals surface area contributed by atoms with Crippen LogP contribution < -0.4 is 5.32 Å². The number of allylic oxidation sites excluding steroid dienone is 1. The number of imide groups is 2. The van der Waals surface area contributed by atoms with Gasteiger partial charge in [-0.2, -0.15) is 0 Å². The number of rotatable bonds is 1. The maximum absolute atomic E-state index is 12.5. The van der Waals surface area contributed by atoms with Gasteiger partial charge in [-0.05, 0) is 24.7 Å². The molecular weight excluding hydrogens is 284 g/mol. The smallest absolute Gasteiger partial charge is 0.261 e. The normalized spacial score (nSPS) is 32.3. The summed E-state index contributed by atoms with van der Waals surface area (Å²) < 4.78 is 0. The summed E-state index contributed by atoms with van der Waals surface area (Å²) in [7, 11) is 0. The number of carbonyl (C=O) groups is 4. The third kappa shape index (κ3) is 2.01.